The highest BCUT2D eigenvalue weighted by atomic mass is 32.2. The average Bonchev–Trinajstić information content (AvgIpc) is 3.78. The maximum atomic E-state index is 14.0. The first-order valence-corrected chi connectivity index (χ1v) is 21.8. The molecular formula is C42H41N3O17S2. The monoisotopic (exact) mass is 923 g/mol. The predicted molar refractivity (Wildman–Crippen MR) is 220 cm³/mol. The van der Waals surface area contributed by atoms with E-state index in [2.05, 4.69) is 10.6 Å². The van der Waals surface area contributed by atoms with Crippen LogP contribution in [0.15, 0.2) is 47.0 Å². The van der Waals surface area contributed by atoms with Gasteiger partial charge in [0.2, 0.25) is 11.7 Å². The molecule has 0 spiro atoms. The minimum atomic E-state index is -2.42. The number of Topliss-reactive ketones (excluding diaryl/α,β-unsaturated/α-hetero) is 1. The minimum absolute atomic E-state index is 0.0199. The summed E-state index contributed by atoms with van der Waals surface area (Å²) < 4.78 is 22.8. The quantitative estimate of drug-likeness (QED) is 0.0720. The van der Waals surface area contributed by atoms with Gasteiger partial charge in [0.1, 0.15) is 59.3 Å². The summed E-state index contributed by atoms with van der Waals surface area (Å²) in [7, 11) is 1.28. The second-order valence-corrected chi connectivity index (χ2v) is 17.9. The van der Waals surface area contributed by atoms with Crippen LogP contribution in [0.4, 0.5) is 4.79 Å². The lowest BCUT2D eigenvalue weighted by molar-refractivity contribution is -0.249. The topological polar surface area (TPSA) is 305 Å². The average molecular weight is 924 g/mol. The molecule has 3 amide bonds. The molecule has 2 aliphatic carbocycles. The van der Waals surface area contributed by atoms with Crippen LogP contribution in [0, 0.1) is 0 Å². The number of hydrogen-bond donors (Lipinski definition) is 8. The number of phenolic OH excluding ortho intramolecular Hbond substituents is 2. The zero-order valence-corrected chi connectivity index (χ0v) is 35.5. The fraction of sp³-hybridized carbons (Fsp3) is 0.405. The van der Waals surface area contributed by atoms with E-state index in [-0.39, 0.29) is 52.2 Å². The number of thiophene rings is 1. The van der Waals surface area contributed by atoms with Crippen molar-refractivity contribution in [3.63, 3.8) is 0 Å². The number of methoxy groups -OCH3 is 1. The molecule has 2 aromatic carbocycles. The van der Waals surface area contributed by atoms with Gasteiger partial charge in [-0.25, -0.2) is 9.59 Å². The summed E-state index contributed by atoms with van der Waals surface area (Å²) in [5.41, 5.74) is -4.77. The van der Waals surface area contributed by atoms with E-state index >= 15 is 0 Å². The fourth-order valence-corrected chi connectivity index (χ4v) is 10.8. The molecule has 3 aromatic rings. The van der Waals surface area contributed by atoms with Gasteiger partial charge in [0.05, 0.1) is 48.5 Å². The number of alkyl carbamates (subject to hydrolysis) is 1. The molecule has 20 nitrogen and oxygen atoms in total. The molecule has 1 aromatic heterocycles. The van der Waals surface area contributed by atoms with Crippen LogP contribution in [0.5, 0.6) is 17.2 Å². The lowest BCUT2D eigenvalue weighted by Crippen LogP contribution is -2.70. The van der Waals surface area contributed by atoms with Crippen LogP contribution in [0.25, 0.3) is 0 Å². The van der Waals surface area contributed by atoms with Crippen molar-refractivity contribution in [3.05, 3.63) is 85.2 Å². The molecule has 0 bridgehead atoms. The van der Waals surface area contributed by atoms with E-state index in [0.29, 0.717) is 0 Å². The van der Waals surface area contributed by atoms with E-state index in [4.69, 9.17) is 18.9 Å². The number of fused-ring (bicyclic) bond motifs is 4. The van der Waals surface area contributed by atoms with Crippen LogP contribution < -0.4 is 15.4 Å². The SMILES string of the molecule is COc1cccc2c1C(=O)c1c(O)c3c(c(O)c1C2=O)C[C@@](O)(C(=O)CO)C[C@@H]3O[C@H]1C[C@H](NC(=O)OCC2=C(C(=O)O)N3C(=O)[C@@H](NC(=O)Cc4cccs4)[C@H]3SC2)[C@H](O)[C@H](C)O1. The molecule has 2 fully saturated rings. The van der Waals surface area contributed by atoms with E-state index in [1.165, 1.54) is 55.3 Å². The number of carboxylic acids is 1. The highest BCUT2D eigenvalue weighted by Gasteiger charge is 2.55. The zero-order chi connectivity index (χ0) is 45.9. The maximum absolute atomic E-state index is 14.0. The first-order chi connectivity index (χ1) is 30.5. The van der Waals surface area contributed by atoms with Gasteiger partial charge in [0, 0.05) is 52.2 Å². The Bertz CT molecular complexity index is 2530. The van der Waals surface area contributed by atoms with Crippen molar-refractivity contribution in [2.45, 2.75) is 80.3 Å². The largest absolute Gasteiger partial charge is 0.507 e. The number of nitrogens with zero attached hydrogens (tertiary/aromatic N) is 1. The minimum Gasteiger partial charge on any atom is -0.507 e. The summed E-state index contributed by atoms with van der Waals surface area (Å²) in [6.07, 6.45) is -8.14. The van der Waals surface area contributed by atoms with Gasteiger partial charge in [0.15, 0.2) is 17.9 Å². The molecule has 8 atom stereocenters. The second-order valence-electron chi connectivity index (χ2n) is 15.8. The van der Waals surface area contributed by atoms with Crippen molar-refractivity contribution in [2.75, 3.05) is 26.1 Å². The van der Waals surface area contributed by atoms with E-state index < -0.39 is 143 Å². The van der Waals surface area contributed by atoms with Crippen molar-refractivity contribution in [1.29, 1.82) is 0 Å². The first-order valence-electron chi connectivity index (χ1n) is 19.8. The summed E-state index contributed by atoms with van der Waals surface area (Å²) in [4.78, 5) is 93.9. The first kappa shape index (κ1) is 44.7. The summed E-state index contributed by atoms with van der Waals surface area (Å²) in [6.45, 7) is -0.259. The molecule has 2 saturated heterocycles. The summed E-state index contributed by atoms with van der Waals surface area (Å²) >= 11 is 2.55. The van der Waals surface area contributed by atoms with Crippen molar-refractivity contribution in [1.82, 2.24) is 15.5 Å². The molecule has 64 heavy (non-hydrogen) atoms. The van der Waals surface area contributed by atoms with Crippen molar-refractivity contribution in [3.8, 4) is 17.2 Å². The highest BCUT2D eigenvalue weighted by molar-refractivity contribution is 8.00. The Hall–Kier alpha value is -5.88. The van der Waals surface area contributed by atoms with Crippen molar-refractivity contribution >= 4 is 64.3 Å². The molecule has 338 valence electrons. The summed E-state index contributed by atoms with van der Waals surface area (Å²) in [6, 6.07) is 5.66. The second kappa shape index (κ2) is 17.3. The number of ketones is 3. The number of hydrogen-bond acceptors (Lipinski definition) is 18. The Morgan fingerprint density at radius 2 is 1.77 bits per heavy atom. The van der Waals surface area contributed by atoms with E-state index in [9.17, 15) is 64.2 Å². The molecule has 8 rings (SSSR count). The molecule has 5 aliphatic rings. The fourth-order valence-electron chi connectivity index (χ4n) is 8.79. The van der Waals surface area contributed by atoms with Crippen molar-refractivity contribution in [2.24, 2.45) is 0 Å². The lowest BCUT2D eigenvalue weighted by atomic mass is 9.72. The molecule has 8 N–H and O–H groups in total. The highest BCUT2D eigenvalue weighted by Crippen LogP contribution is 2.52. The Balaban J connectivity index is 0.990. The number of thioether (sulfide) groups is 1. The number of carbonyl (C=O) groups is 7. The molecule has 4 heterocycles. The smallest absolute Gasteiger partial charge is 0.407 e. The summed E-state index contributed by atoms with van der Waals surface area (Å²) in [5, 5.41) is 72.2. The molecule has 0 unspecified atom stereocenters. The Labute approximate surface area is 370 Å². The number of ether oxygens (including phenoxy) is 4. The van der Waals surface area contributed by atoms with Gasteiger partial charge in [-0.05, 0) is 24.4 Å². The number of β-lactam (4-membered cyclic amide) rings is 1. The van der Waals surface area contributed by atoms with Gasteiger partial charge in [0.25, 0.3) is 5.91 Å². The number of benzene rings is 2. The number of phenols is 2. The molecule has 3 aliphatic heterocycles. The number of carboxylic acid groups (broad SMARTS) is 1. The normalized spacial score (nSPS) is 27.0. The predicted octanol–water partition coefficient (Wildman–Crippen LogP) is 0.812. The number of nitrogens with one attached hydrogen (secondary N) is 2. The Morgan fingerprint density at radius 3 is 2.45 bits per heavy atom. The van der Waals surface area contributed by atoms with E-state index in [1.807, 2.05) is 5.38 Å². The number of rotatable bonds is 12. The van der Waals surface area contributed by atoms with Crippen LogP contribution in [-0.4, -0.2) is 144 Å². The summed E-state index contributed by atoms with van der Waals surface area (Å²) in [5.74, 6) is -6.85. The van der Waals surface area contributed by atoms with E-state index in [1.54, 1.807) is 12.1 Å². The van der Waals surface area contributed by atoms with Crippen LogP contribution in [0.3, 0.4) is 0 Å². The van der Waals surface area contributed by atoms with Crippen LogP contribution in [0.2, 0.25) is 0 Å². The number of carbonyl (C=O) groups excluding carboxylic acids is 6. The number of aliphatic hydroxyl groups is 3. The number of aliphatic carboxylic acids is 1. The maximum Gasteiger partial charge on any atom is 0.407 e. The number of aromatic hydroxyl groups is 2. The van der Waals surface area contributed by atoms with Gasteiger partial charge < -0.3 is 60.2 Å². The third-order valence-corrected chi connectivity index (χ3v) is 14.1. The van der Waals surface area contributed by atoms with Crippen LogP contribution >= 0.6 is 23.1 Å². The lowest BCUT2D eigenvalue weighted by Gasteiger charge is -2.49. The third-order valence-electron chi connectivity index (χ3n) is 11.9. The standard InChI is InChI=1S/C42H41N3O17S2/c1-16-33(49)21(43-41(57)60-14-17-15-64-39-31(38(54)45(39)32(17)40(55)56)44-25(48)9-18-5-4-8-63-18)10-26(61-16)62-23-12-42(58,24(47)13-46)11-20-28(23)37(53)30-29(35(20)51)34(50)19-6-3-7-22(59-2)27(19)36(30)52/h3-8,16,21,23,26,31,33,39,46,49,51,53,58H,9-15H2,1-2H3,(H,43,57)(H,44,48)(H,55,56)/t16-,21-,23-,26-,31+,33+,39+,42-/m0/s1. The molecule has 0 radical (unpaired) electrons. The van der Waals surface area contributed by atoms with Crippen molar-refractivity contribution < 1.29 is 83.1 Å². The number of aliphatic hydroxyl groups excluding tert-OH is 2. The van der Waals surface area contributed by atoms with Crippen LogP contribution in [-0.2, 0) is 46.2 Å². The molecular weight excluding hydrogens is 883 g/mol. The van der Waals surface area contributed by atoms with Gasteiger partial charge in [-0.2, -0.15) is 0 Å². The molecule has 0 saturated carbocycles. The van der Waals surface area contributed by atoms with E-state index in [0.717, 1.165) is 9.78 Å². The number of amides is 3. The Kier molecular flexibility index (Phi) is 12.1. The molecule has 22 heteroatoms. The van der Waals surface area contributed by atoms with Gasteiger partial charge in [-0.1, -0.05) is 18.2 Å². The third kappa shape index (κ3) is 7.67. The van der Waals surface area contributed by atoms with Gasteiger partial charge >= 0.3 is 12.1 Å². The van der Waals surface area contributed by atoms with Crippen LogP contribution in [0.1, 0.15) is 73.7 Å². The van der Waals surface area contributed by atoms with Gasteiger partial charge in [-0.3, -0.25) is 28.9 Å². The van der Waals surface area contributed by atoms with Gasteiger partial charge in [-0.15, -0.1) is 23.1 Å². The zero-order valence-electron chi connectivity index (χ0n) is 33.9. The Morgan fingerprint density at radius 1 is 1.02 bits per heavy atom.